The van der Waals surface area contributed by atoms with Gasteiger partial charge in [0, 0.05) is 49.7 Å². The quantitative estimate of drug-likeness (QED) is 0.583. The van der Waals surface area contributed by atoms with E-state index in [-0.39, 0.29) is 11.8 Å². The van der Waals surface area contributed by atoms with E-state index < -0.39 is 6.04 Å². The van der Waals surface area contributed by atoms with Crippen LogP contribution in [0.2, 0.25) is 0 Å². The highest BCUT2D eigenvalue weighted by atomic mass is 16.5. The van der Waals surface area contributed by atoms with Crippen LogP contribution >= 0.6 is 0 Å². The number of amides is 2. The van der Waals surface area contributed by atoms with Crippen LogP contribution in [0.1, 0.15) is 35.8 Å². The van der Waals surface area contributed by atoms with Crippen molar-refractivity contribution in [3.8, 4) is 5.75 Å². The number of para-hydroxylation sites is 1. The number of carbonyl (C=O) groups excluding carboxylic acids is 2. The van der Waals surface area contributed by atoms with Gasteiger partial charge in [0.05, 0.1) is 7.11 Å². The lowest BCUT2D eigenvalue weighted by Crippen LogP contribution is -2.30. The molecule has 0 bridgehead atoms. The highest BCUT2D eigenvalue weighted by Gasteiger charge is 2.23. The molecule has 164 valence electrons. The van der Waals surface area contributed by atoms with Crippen molar-refractivity contribution >= 4 is 23.6 Å². The molecule has 0 radical (unpaired) electrons. The highest BCUT2D eigenvalue weighted by molar-refractivity contribution is 5.95. The molecule has 2 amide bonds. The molecule has 1 aliphatic rings. The zero-order valence-electron chi connectivity index (χ0n) is 18.2. The number of nitrogens with zero attached hydrogens (tertiary/aromatic N) is 3. The van der Waals surface area contributed by atoms with Crippen LogP contribution in [0.15, 0.2) is 67.0 Å². The predicted molar refractivity (Wildman–Crippen MR) is 123 cm³/mol. The molecule has 7 nitrogen and oxygen atoms in total. The molecule has 1 unspecified atom stereocenters. The summed E-state index contributed by atoms with van der Waals surface area (Å²) in [5.41, 5.74) is 2.59. The molecule has 0 saturated carbocycles. The number of hydrogen-bond acceptors (Lipinski definition) is 4. The molecular formula is C25H26N4O3. The van der Waals surface area contributed by atoms with Crippen LogP contribution in [0, 0.1) is 0 Å². The molecule has 1 aromatic heterocycles. The Kier molecular flexibility index (Phi) is 6.35. The Labute approximate surface area is 187 Å². The summed E-state index contributed by atoms with van der Waals surface area (Å²) in [6.07, 6.45) is 8.29. The van der Waals surface area contributed by atoms with Crippen molar-refractivity contribution in [1.82, 2.24) is 14.9 Å². The lowest BCUT2D eigenvalue weighted by atomic mass is 10.0. The number of aromatic nitrogens is 2. The van der Waals surface area contributed by atoms with Crippen LogP contribution in [0.4, 0.5) is 5.69 Å². The molecule has 0 spiro atoms. The average Bonchev–Trinajstić information content (AvgIpc) is 3.44. The zero-order valence-corrected chi connectivity index (χ0v) is 18.2. The van der Waals surface area contributed by atoms with Gasteiger partial charge in [0.2, 0.25) is 11.8 Å². The molecule has 32 heavy (non-hydrogen) atoms. The first kappa shape index (κ1) is 21.4. The molecule has 1 fully saturated rings. The fourth-order valence-corrected chi connectivity index (χ4v) is 3.89. The van der Waals surface area contributed by atoms with Crippen LogP contribution in [0.3, 0.4) is 0 Å². The summed E-state index contributed by atoms with van der Waals surface area (Å²) in [6, 6.07) is 14.7. The normalized spacial score (nSPS) is 14.7. The van der Waals surface area contributed by atoms with Crippen LogP contribution < -0.4 is 15.0 Å². The number of benzene rings is 2. The minimum atomic E-state index is -0.466. The van der Waals surface area contributed by atoms with Gasteiger partial charge in [-0.15, -0.1) is 0 Å². The summed E-state index contributed by atoms with van der Waals surface area (Å²) in [7, 11) is 3.49. The second-order valence-corrected chi connectivity index (χ2v) is 7.65. The molecule has 1 N–H and O–H groups in total. The summed E-state index contributed by atoms with van der Waals surface area (Å²) >= 11 is 0. The van der Waals surface area contributed by atoms with Gasteiger partial charge in [0.1, 0.15) is 17.6 Å². The monoisotopic (exact) mass is 430 g/mol. The van der Waals surface area contributed by atoms with Crippen molar-refractivity contribution in [1.29, 1.82) is 0 Å². The molecule has 1 aliphatic heterocycles. The number of anilines is 1. The number of nitrogens with one attached hydrogen (secondary N) is 1. The SMILES string of the molecule is COc1ccccc1C(NC(=O)/C=C/c1ccc(N2CCCC2=O)cc1)c1nccn1C. The van der Waals surface area contributed by atoms with E-state index in [1.807, 2.05) is 66.3 Å². The smallest absolute Gasteiger partial charge is 0.244 e. The van der Waals surface area contributed by atoms with E-state index >= 15 is 0 Å². The van der Waals surface area contributed by atoms with Gasteiger partial charge in [0.15, 0.2) is 0 Å². The molecule has 1 saturated heterocycles. The van der Waals surface area contributed by atoms with Crippen LogP contribution in [-0.4, -0.2) is 35.0 Å². The fourth-order valence-electron chi connectivity index (χ4n) is 3.89. The average molecular weight is 431 g/mol. The van der Waals surface area contributed by atoms with Gasteiger partial charge < -0.3 is 19.5 Å². The maximum absolute atomic E-state index is 12.8. The third-order valence-corrected chi connectivity index (χ3v) is 5.56. The van der Waals surface area contributed by atoms with Crippen molar-refractivity contribution in [2.45, 2.75) is 18.9 Å². The largest absolute Gasteiger partial charge is 0.496 e. The van der Waals surface area contributed by atoms with Crippen molar-refractivity contribution in [2.24, 2.45) is 7.05 Å². The van der Waals surface area contributed by atoms with Crippen LogP contribution in [0.25, 0.3) is 6.08 Å². The summed E-state index contributed by atoms with van der Waals surface area (Å²) < 4.78 is 7.38. The lowest BCUT2D eigenvalue weighted by molar-refractivity contribution is -0.117. The van der Waals surface area contributed by atoms with Gasteiger partial charge in [-0.1, -0.05) is 30.3 Å². The van der Waals surface area contributed by atoms with E-state index in [1.54, 1.807) is 24.3 Å². The third kappa shape index (κ3) is 4.56. The van der Waals surface area contributed by atoms with Crippen LogP contribution in [0.5, 0.6) is 5.75 Å². The molecular weight excluding hydrogens is 404 g/mol. The van der Waals surface area contributed by atoms with E-state index in [0.717, 1.165) is 29.8 Å². The van der Waals surface area contributed by atoms with Crippen molar-refractivity contribution in [3.63, 3.8) is 0 Å². The second kappa shape index (κ2) is 9.51. The van der Waals surface area contributed by atoms with E-state index in [4.69, 9.17) is 4.74 Å². The van der Waals surface area contributed by atoms with E-state index in [9.17, 15) is 9.59 Å². The highest BCUT2D eigenvalue weighted by Crippen LogP contribution is 2.29. The molecule has 4 rings (SSSR count). The first-order valence-electron chi connectivity index (χ1n) is 10.6. The third-order valence-electron chi connectivity index (χ3n) is 5.56. The van der Waals surface area contributed by atoms with E-state index in [1.165, 1.54) is 6.08 Å². The Bertz CT molecular complexity index is 1130. The number of aryl methyl sites for hydroxylation is 1. The van der Waals surface area contributed by atoms with Crippen molar-refractivity contribution in [2.75, 3.05) is 18.6 Å². The molecule has 3 aromatic rings. The maximum Gasteiger partial charge on any atom is 0.244 e. The Morgan fingerprint density at radius 1 is 1.19 bits per heavy atom. The van der Waals surface area contributed by atoms with Crippen LogP contribution in [-0.2, 0) is 16.6 Å². The summed E-state index contributed by atoms with van der Waals surface area (Å²) in [5, 5.41) is 3.04. The molecule has 0 aliphatic carbocycles. The maximum atomic E-state index is 12.8. The van der Waals surface area contributed by atoms with Gasteiger partial charge in [-0.25, -0.2) is 4.98 Å². The fraction of sp³-hybridized carbons (Fsp3) is 0.240. The summed E-state index contributed by atoms with van der Waals surface area (Å²) in [5.74, 6) is 1.29. The molecule has 7 heteroatoms. The number of imidazole rings is 1. The molecule has 2 aromatic carbocycles. The van der Waals surface area contributed by atoms with Crippen molar-refractivity contribution < 1.29 is 14.3 Å². The zero-order chi connectivity index (χ0) is 22.5. The van der Waals surface area contributed by atoms with Gasteiger partial charge in [-0.2, -0.15) is 0 Å². The Hall–Kier alpha value is -3.87. The number of rotatable bonds is 7. The molecule has 2 heterocycles. The van der Waals surface area contributed by atoms with Gasteiger partial charge >= 0.3 is 0 Å². The molecule has 1 atom stereocenters. The number of methoxy groups -OCH3 is 1. The first-order valence-corrected chi connectivity index (χ1v) is 10.6. The van der Waals surface area contributed by atoms with Gasteiger partial charge in [-0.05, 0) is 36.3 Å². The topological polar surface area (TPSA) is 76.5 Å². The van der Waals surface area contributed by atoms with Gasteiger partial charge in [0.25, 0.3) is 0 Å². The number of hydrogen-bond donors (Lipinski definition) is 1. The van der Waals surface area contributed by atoms with E-state index in [2.05, 4.69) is 10.3 Å². The second-order valence-electron chi connectivity index (χ2n) is 7.65. The Morgan fingerprint density at radius 3 is 2.62 bits per heavy atom. The number of ether oxygens (including phenoxy) is 1. The Balaban J connectivity index is 1.51. The first-order chi connectivity index (χ1) is 15.6. The summed E-state index contributed by atoms with van der Waals surface area (Å²) in [4.78, 5) is 30.9. The van der Waals surface area contributed by atoms with Gasteiger partial charge in [-0.3, -0.25) is 9.59 Å². The van der Waals surface area contributed by atoms with Crippen molar-refractivity contribution in [3.05, 3.63) is 84.0 Å². The minimum absolute atomic E-state index is 0.157. The minimum Gasteiger partial charge on any atom is -0.496 e. The lowest BCUT2D eigenvalue weighted by Gasteiger charge is -2.20. The number of carbonyl (C=O) groups is 2. The van der Waals surface area contributed by atoms with E-state index in [0.29, 0.717) is 18.0 Å². The summed E-state index contributed by atoms with van der Waals surface area (Å²) in [6.45, 7) is 0.758. The standard InChI is InChI=1S/C25H26N4O3/c1-28-17-15-26-25(28)24(20-6-3-4-7-21(20)32-2)27-22(30)14-11-18-9-12-19(13-10-18)29-16-5-8-23(29)31/h3-4,6-7,9-15,17,24H,5,8,16H2,1-2H3,(H,27,30)/b14-11+. The Morgan fingerprint density at radius 2 is 1.97 bits per heavy atom. The predicted octanol–water partition coefficient (Wildman–Crippen LogP) is 3.47.